The number of benzene rings is 1. The van der Waals surface area contributed by atoms with Gasteiger partial charge < -0.3 is 0 Å². The molecule has 2 rings (SSSR count). The molecule has 0 saturated carbocycles. The fourth-order valence-electron chi connectivity index (χ4n) is 1.77. The maximum Gasteiger partial charge on any atom is 0.254 e. The van der Waals surface area contributed by atoms with E-state index in [2.05, 4.69) is 0 Å². The van der Waals surface area contributed by atoms with Crippen LogP contribution >= 0.6 is 11.6 Å². The van der Waals surface area contributed by atoms with Gasteiger partial charge in [-0.25, -0.2) is 0 Å². The number of carbonyl (C=O) groups is 2. The van der Waals surface area contributed by atoms with Crippen LogP contribution in [0.15, 0.2) is 41.9 Å². The van der Waals surface area contributed by atoms with Crippen molar-refractivity contribution in [2.24, 2.45) is 0 Å². The first-order valence-corrected chi connectivity index (χ1v) is 5.35. The summed E-state index contributed by atoms with van der Waals surface area (Å²) >= 11 is 5.32. The maximum atomic E-state index is 11.6. The lowest BCUT2D eigenvalue weighted by Gasteiger charge is -2.38. The highest BCUT2D eigenvalue weighted by molar-refractivity contribution is 6.27. The Bertz CT molecular complexity index is 442. The highest BCUT2D eigenvalue weighted by Crippen LogP contribution is 2.34. The van der Waals surface area contributed by atoms with Gasteiger partial charge in [-0.15, -0.1) is 0 Å². The number of imide groups is 1. The summed E-state index contributed by atoms with van der Waals surface area (Å²) in [6.45, 7) is 0. The van der Waals surface area contributed by atoms with Crippen molar-refractivity contribution in [3.05, 3.63) is 47.5 Å². The molecule has 0 spiro atoms. The zero-order valence-electron chi connectivity index (χ0n) is 8.47. The first-order chi connectivity index (χ1) is 7.74. The van der Waals surface area contributed by atoms with Crippen LogP contribution in [0.5, 0.6) is 0 Å². The number of rotatable bonds is 2. The number of β-lactam (4-membered cyclic amide) rings is 1. The summed E-state index contributed by atoms with van der Waals surface area (Å²) in [6.07, 6.45) is 1.57. The second-order valence-corrected chi connectivity index (χ2v) is 3.78. The molecule has 16 heavy (non-hydrogen) atoms. The normalized spacial score (nSPS) is 19.9. The van der Waals surface area contributed by atoms with Crippen molar-refractivity contribution in [1.82, 2.24) is 4.90 Å². The van der Waals surface area contributed by atoms with Gasteiger partial charge in [-0.3, -0.25) is 14.5 Å². The number of halogens is 1. The van der Waals surface area contributed by atoms with Crippen LogP contribution in [0.25, 0.3) is 0 Å². The largest absolute Gasteiger partial charge is 0.274 e. The minimum Gasteiger partial charge on any atom is -0.274 e. The van der Waals surface area contributed by atoms with Gasteiger partial charge in [0.1, 0.15) is 0 Å². The summed E-state index contributed by atoms with van der Waals surface area (Å²) in [4.78, 5) is 24.1. The molecule has 0 aliphatic carbocycles. The Morgan fingerprint density at radius 1 is 1.38 bits per heavy atom. The lowest BCUT2D eigenvalue weighted by Crippen LogP contribution is -2.49. The molecule has 2 amide bonds. The molecule has 1 saturated heterocycles. The predicted molar refractivity (Wildman–Crippen MR) is 60.6 cm³/mol. The van der Waals surface area contributed by atoms with Gasteiger partial charge in [0.15, 0.2) is 0 Å². The van der Waals surface area contributed by atoms with Gasteiger partial charge in [-0.2, -0.15) is 0 Å². The lowest BCUT2D eigenvalue weighted by molar-refractivity contribution is -0.155. The zero-order chi connectivity index (χ0) is 11.5. The third kappa shape index (κ3) is 1.86. The molecule has 1 fully saturated rings. The van der Waals surface area contributed by atoms with Crippen LogP contribution in [-0.4, -0.2) is 16.7 Å². The highest BCUT2D eigenvalue weighted by Gasteiger charge is 2.40. The van der Waals surface area contributed by atoms with Crippen molar-refractivity contribution in [2.75, 3.05) is 0 Å². The smallest absolute Gasteiger partial charge is 0.254 e. The first-order valence-electron chi connectivity index (χ1n) is 4.92. The number of amides is 2. The van der Waals surface area contributed by atoms with Crippen LogP contribution in [0, 0.1) is 0 Å². The van der Waals surface area contributed by atoms with Crippen molar-refractivity contribution in [2.45, 2.75) is 12.5 Å². The molecule has 1 aromatic rings. The number of hydrogen-bond acceptors (Lipinski definition) is 2. The molecule has 3 nitrogen and oxygen atoms in total. The van der Waals surface area contributed by atoms with Gasteiger partial charge in [0.25, 0.3) is 5.91 Å². The average molecular weight is 236 g/mol. The van der Waals surface area contributed by atoms with E-state index in [1.54, 1.807) is 0 Å². The highest BCUT2D eigenvalue weighted by atomic mass is 35.5. The van der Waals surface area contributed by atoms with Gasteiger partial charge in [0.05, 0.1) is 12.5 Å². The topological polar surface area (TPSA) is 37.4 Å². The summed E-state index contributed by atoms with van der Waals surface area (Å²) in [5, 5.41) is 0. The quantitative estimate of drug-likeness (QED) is 0.582. The van der Waals surface area contributed by atoms with Crippen molar-refractivity contribution in [3.63, 3.8) is 0 Å². The van der Waals surface area contributed by atoms with Crippen molar-refractivity contribution < 1.29 is 9.59 Å². The van der Waals surface area contributed by atoms with Crippen LogP contribution in [0.4, 0.5) is 0 Å². The molecule has 0 N–H and O–H groups in total. The predicted octanol–water partition coefficient (Wildman–Crippen LogP) is 2.24. The molecule has 82 valence electrons. The summed E-state index contributed by atoms with van der Waals surface area (Å²) in [5.41, 5.74) is 2.09. The summed E-state index contributed by atoms with van der Waals surface area (Å²) in [7, 11) is 0. The molecular weight excluding hydrogens is 226 g/mol. The Balaban J connectivity index is 2.19. The summed E-state index contributed by atoms with van der Waals surface area (Å²) < 4.78 is 0. The minimum atomic E-state index is -0.361. The molecule has 0 bridgehead atoms. The third-order valence-corrected chi connectivity index (χ3v) is 2.70. The second kappa shape index (κ2) is 4.49. The van der Waals surface area contributed by atoms with Crippen LogP contribution in [0.1, 0.15) is 18.0 Å². The summed E-state index contributed by atoms with van der Waals surface area (Å²) in [6, 6.07) is 9.34. The van der Waals surface area contributed by atoms with Gasteiger partial charge >= 0.3 is 0 Å². The molecule has 1 aliphatic rings. The van der Waals surface area contributed by atoms with Gasteiger partial charge in [0, 0.05) is 11.6 Å². The number of likely N-dealkylation sites (tertiary alicyclic amines) is 1. The second-order valence-electron chi connectivity index (χ2n) is 3.53. The lowest BCUT2D eigenvalue weighted by atomic mass is 9.94. The Kier molecular flexibility index (Phi) is 3.06. The molecule has 1 aliphatic heterocycles. The van der Waals surface area contributed by atoms with Crippen molar-refractivity contribution in [3.8, 4) is 0 Å². The molecule has 1 atom stereocenters. The van der Waals surface area contributed by atoms with E-state index in [-0.39, 0.29) is 17.9 Å². The van der Waals surface area contributed by atoms with E-state index in [0.717, 1.165) is 11.1 Å². The van der Waals surface area contributed by atoms with Crippen molar-refractivity contribution in [1.29, 1.82) is 0 Å². The monoisotopic (exact) mass is 235 g/mol. The SMILES string of the molecule is O=C(C=CCl)N1C(=O)CC1c1ccccc1. The molecule has 4 heteroatoms. The Labute approximate surface area is 98.3 Å². The Hall–Kier alpha value is -1.61. The van der Waals surface area contributed by atoms with E-state index in [4.69, 9.17) is 11.6 Å². The van der Waals surface area contributed by atoms with E-state index >= 15 is 0 Å². The van der Waals surface area contributed by atoms with Crippen molar-refractivity contribution >= 4 is 23.4 Å². The van der Waals surface area contributed by atoms with E-state index in [9.17, 15) is 9.59 Å². The molecular formula is C12H10ClNO2. The van der Waals surface area contributed by atoms with Gasteiger partial charge in [0.2, 0.25) is 5.91 Å². The number of hydrogen-bond donors (Lipinski definition) is 0. The van der Waals surface area contributed by atoms with Gasteiger partial charge in [-0.1, -0.05) is 41.9 Å². The van der Waals surface area contributed by atoms with E-state index in [0.29, 0.717) is 6.42 Å². The van der Waals surface area contributed by atoms with Crippen LogP contribution in [0.2, 0.25) is 0 Å². The standard InChI is InChI=1S/C12H10ClNO2/c13-7-6-11(15)14-10(8-12(14)16)9-4-2-1-3-5-9/h1-7,10H,8H2. The summed E-state index contributed by atoms with van der Waals surface area (Å²) in [5.74, 6) is -0.520. The Morgan fingerprint density at radius 2 is 2.06 bits per heavy atom. The van der Waals surface area contributed by atoms with Crippen LogP contribution in [-0.2, 0) is 9.59 Å². The van der Waals surface area contributed by atoms with E-state index < -0.39 is 0 Å². The maximum absolute atomic E-state index is 11.6. The number of carbonyl (C=O) groups excluding carboxylic acids is 2. The zero-order valence-corrected chi connectivity index (χ0v) is 9.22. The Morgan fingerprint density at radius 3 is 2.62 bits per heavy atom. The van der Waals surface area contributed by atoms with Gasteiger partial charge in [-0.05, 0) is 5.56 Å². The fourth-order valence-corrected chi connectivity index (χ4v) is 1.88. The average Bonchev–Trinajstić information content (AvgIpc) is 2.27. The van der Waals surface area contributed by atoms with Crippen LogP contribution < -0.4 is 0 Å². The molecule has 0 aromatic heterocycles. The molecule has 1 aromatic carbocycles. The molecule has 1 unspecified atom stereocenters. The number of nitrogens with zero attached hydrogens (tertiary/aromatic N) is 1. The minimum absolute atomic E-state index is 0.144. The third-order valence-electron chi connectivity index (χ3n) is 2.58. The van der Waals surface area contributed by atoms with Crippen LogP contribution in [0.3, 0.4) is 0 Å². The van der Waals surface area contributed by atoms with E-state index in [1.165, 1.54) is 11.0 Å². The fraction of sp³-hybridized carbons (Fsp3) is 0.167. The first kappa shape index (κ1) is 10.9. The molecule has 1 heterocycles. The van der Waals surface area contributed by atoms with E-state index in [1.807, 2.05) is 30.3 Å². The molecule has 0 radical (unpaired) electrons.